The summed E-state index contributed by atoms with van der Waals surface area (Å²) >= 11 is 0. The summed E-state index contributed by atoms with van der Waals surface area (Å²) in [6.45, 7) is 14.8. The van der Waals surface area contributed by atoms with E-state index >= 15 is 0 Å². The predicted molar refractivity (Wildman–Crippen MR) is 138 cm³/mol. The largest absolute Gasteiger partial charge is 2.00 e. The van der Waals surface area contributed by atoms with Crippen molar-refractivity contribution in [3.63, 3.8) is 0 Å². The molecule has 208 valence electrons. The van der Waals surface area contributed by atoms with Gasteiger partial charge in [-0.1, -0.05) is 55.4 Å². The monoisotopic (exact) mass is 715 g/mol. The van der Waals surface area contributed by atoms with E-state index in [2.05, 4.69) is 0 Å². The van der Waals surface area contributed by atoms with Gasteiger partial charge >= 0.3 is 38.2 Å². The SMILES string of the molecule is CCC(=O)C(C(=O)CC)[Si](OC)(OC)C(C)C.CCC(=O)C(C(=O)CC)[Si](OC)(OC)C(C)C.[Pt+2]. The van der Waals surface area contributed by atoms with Crippen molar-refractivity contribution < 1.29 is 57.9 Å². The number of rotatable bonds is 16. The molecule has 0 aliphatic heterocycles. The van der Waals surface area contributed by atoms with Crippen molar-refractivity contribution in [2.75, 3.05) is 28.4 Å². The van der Waals surface area contributed by atoms with Gasteiger partial charge in [0.15, 0.2) is 0 Å². The maximum absolute atomic E-state index is 12.0. The second-order valence-electron chi connectivity index (χ2n) is 8.71. The fourth-order valence-electron chi connectivity index (χ4n) is 4.32. The molecule has 0 saturated heterocycles. The fraction of sp³-hybridized carbons (Fsp3) is 0.833. The van der Waals surface area contributed by atoms with Crippen LogP contribution in [0.2, 0.25) is 22.2 Å². The molecule has 0 saturated carbocycles. The fourth-order valence-corrected chi connectivity index (χ4v) is 11.4. The van der Waals surface area contributed by atoms with Crippen molar-refractivity contribution in [2.45, 2.75) is 103 Å². The van der Waals surface area contributed by atoms with Gasteiger partial charge in [-0.2, -0.15) is 0 Å². The first-order valence-electron chi connectivity index (χ1n) is 12.1. The molecule has 0 aromatic heterocycles. The van der Waals surface area contributed by atoms with E-state index in [0.29, 0.717) is 25.7 Å². The van der Waals surface area contributed by atoms with Crippen molar-refractivity contribution in [1.29, 1.82) is 0 Å². The Hall–Kier alpha value is -0.358. The Morgan fingerprint density at radius 1 is 0.514 bits per heavy atom. The normalized spacial score (nSPS) is 11.9. The average molecular weight is 716 g/mol. The molecule has 0 amide bonds. The molecule has 8 nitrogen and oxygen atoms in total. The van der Waals surface area contributed by atoms with Crippen LogP contribution in [-0.2, 0) is 57.9 Å². The molecule has 0 aromatic rings. The van der Waals surface area contributed by atoms with Gasteiger partial charge in [0.2, 0.25) is 0 Å². The maximum atomic E-state index is 12.0. The minimum atomic E-state index is -2.82. The van der Waals surface area contributed by atoms with Crippen LogP contribution in [0.15, 0.2) is 0 Å². The van der Waals surface area contributed by atoms with Gasteiger partial charge in [0, 0.05) is 54.1 Å². The Morgan fingerprint density at radius 3 is 0.771 bits per heavy atom. The molecule has 0 heterocycles. The van der Waals surface area contributed by atoms with Gasteiger partial charge in [-0.15, -0.1) is 0 Å². The summed E-state index contributed by atoms with van der Waals surface area (Å²) in [6, 6.07) is 0. The van der Waals surface area contributed by atoms with Crippen LogP contribution in [0, 0.1) is 0 Å². The minimum absolute atomic E-state index is 0. The molecule has 0 N–H and O–H groups in total. The number of ketones is 4. The molecule has 0 aliphatic carbocycles. The van der Waals surface area contributed by atoms with Crippen LogP contribution in [0.25, 0.3) is 0 Å². The molecule has 0 radical (unpaired) electrons. The summed E-state index contributed by atoms with van der Waals surface area (Å²) in [5.41, 5.74) is -1.30. The molecule has 0 rings (SSSR count). The molecular formula is C24H48O8PtSi2+2. The number of hydrogen-bond acceptors (Lipinski definition) is 8. The van der Waals surface area contributed by atoms with Crippen LogP contribution >= 0.6 is 0 Å². The van der Waals surface area contributed by atoms with E-state index in [4.69, 9.17) is 17.7 Å². The third-order valence-corrected chi connectivity index (χ3v) is 15.0. The summed E-state index contributed by atoms with van der Waals surface area (Å²) in [7, 11) is 0.510. The van der Waals surface area contributed by atoms with Gasteiger partial charge in [-0.25, -0.2) is 0 Å². The molecule has 0 aliphatic rings. The Bertz CT molecular complexity index is 574. The maximum Gasteiger partial charge on any atom is 2.00 e. The van der Waals surface area contributed by atoms with Gasteiger partial charge in [0.1, 0.15) is 34.2 Å². The number of carbonyl (C=O) groups is 4. The standard InChI is InChI=1S/2C12H24O4Si.Pt/c2*1-7-10(13)12(11(14)8-2)17(15-5,16-6)9(3)4;/h2*9,12H,7-8H2,1-6H3;/q;;+2. The Balaban J connectivity index is -0.000000569. The van der Waals surface area contributed by atoms with Crippen LogP contribution in [-0.4, -0.2) is 68.7 Å². The quantitative estimate of drug-likeness (QED) is 0.164. The van der Waals surface area contributed by atoms with Gasteiger partial charge in [-0.05, 0) is 11.1 Å². The first-order chi connectivity index (χ1) is 15.8. The van der Waals surface area contributed by atoms with E-state index in [-0.39, 0.29) is 55.3 Å². The van der Waals surface area contributed by atoms with Gasteiger partial charge < -0.3 is 17.7 Å². The number of hydrogen-bond donors (Lipinski definition) is 0. The van der Waals surface area contributed by atoms with Crippen molar-refractivity contribution in [3.8, 4) is 0 Å². The Morgan fingerprint density at radius 2 is 0.686 bits per heavy atom. The predicted octanol–water partition coefficient (Wildman–Crippen LogP) is 4.92. The van der Waals surface area contributed by atoms with Crippen molar-refractivity contribution in [2.24, 2.45) is 0 Å². The summed E-state index contributed by atoms with van der Waals surface area (Å²) in [5, 5.41) is 0. The molecule has 0 unspecified atom stereocenters. The van der Waals surface area contributed by atoms with Crippen LogP contribution in [0.5, 0.6) is 0 Å². The van der Waals surface area contributed by atoms with Crippen LogP contribution in [0.3, 0.4) is 0 Å². The molecule has 35 heavy (non-hydrogen) atoms. The van der Waals surface area contributed by atoms with Crippen molar-refractivity contribution in [1.82, 2.24) is 0 Å². The first kappa shape index (κ1) is 39.2. The average Bonchev–Trinajstić information content (AvgIpc) is 2.83. The van der Waals surface area contributed by atoms with E-state index in [9.17, 15) is 19.2 Å². The summed E-state index contributed by atoms with van der Waals surface area (Å²) < 4.78 is 22.1. The third-order valence-electron chi connectivity index (χ3n) is 6.37. The van der Waals surface area contributed by atoms with E-state index in [1.165, 1.54) is 28.4 Å². The van der Waals surface area contributed by atoms with Crippen LogP contribution < -0.4 is 0 Å². The van der Waals surface area contributed by atoms with Crippen LogP contribution in [0.4, 0.5) is 0 Å². The second kappa shape index (κ2) is 18.8. The minimum Gasteiger partial charge on any atom is -0.397 e. The molecular weight excluding hydrogens is 668 g/mol. The van der Waals surface area contributed by atoms with E-state index < -0.39 is 28.2 Å². The first-order valence-corrected chi connectivity index (χ1v) is 16.1. The molecule has 0 aromatic carbocycles. The van der Waals surface area contributed by atoms with Gasteiger partial charge in [-0.3, -0.25) is 19.2 Å². The van der Waals surface area contributed by atoms with E-state index in [1.807, 2.05) is 27.7 Å². The van der Waals surface area contributed by atoms with Crippen molar-refractivity contribution >= 4 is 40.3 Å². The van der Waals surface area contributed by atoms with Gasteiger partial charge in [0.25, 0.3) is 0 Å². The summed E-state index contributed by atoms with van der Waals surface area (Å²) in [5.74, 6) is -0.274. The Kier molecular flexibility index (Phi) is 21.1. The zero-order valence-electron chi connectivity index (χ0n) is 23.7. The molecule has 0 bridgehead atoms. The topological polar surface area (TPSA) is 105 Å². The molecule has 0 spiro atoms. The van der Waals surface area contributed by atoms with Gasteiger partial charge in [0.05, 0.1) is 0 Å². The summed E-state index contributed by atoms with van der Waals surface area (Å²) in [4.78, 5) is 48.1. The number of carbonyl (C=O) groups excluding carboxylic acids is 4. The van der Waals surface area contributed by atoms with E-state index in [1.54, 1.807) is 27.7 Å². The number of Topliss-reactive ketones (excluding diaryl/α,β-unsaturated/α-hetero) is 4. The van der Waals surface area contributed by atoms with Crippen LogP contribution in [0.1, 0.15) is 81.1 Å². The smallest absolute Gasteiger partial charge is 0.397 e. The Labute approximate surface area is 229 Å². The summed E-state index contributed by atoms with van der Waals surface area (Å²) in [6.07, 6.45) is 1.35. The molecule has 0 fully saturated rings. The zero-order valence-corrected chi connectivity index (χ0v) is 28.0. The molecule has 0 atom stereocenters. The second-order valence-corrected chi connectivity index (χ2v) is 16.7. The third kappa shape index (κ3) is 9.47. The molecule has 11 heteroatoms. The zero-order chi connectivity index (χ0) is 27.3. The van der Waals surface area contributed by atoms with E-state index in [0.717, 1.165) is 0 Å². The van der Waals surface area contributed by atoms with Crippen molar-refractivity contribution in [3.05, 3.63) is 0 Å².